The van der Waals surface area contributed by atoms with E-state index >= 15 is 0 Å². The van der Waals surface area contributed by atoms with Gasteiger partial charge in [-0.15, -0.1) is 0 Å². The third kappa shape index (κ3) is 7.92. The number of hydrogen-bond acceptors (Lipinski definition) is 8. The van der Waals surface area contributed by atoms with E-state index in [0.717, 1.165) is 0 Å². The van der Waals surface area contributed by atoms with Gasteiger partial charge in [0.1, 0.15) is 11.4 Å². The standard InChI is InChI=1S/C21H21F4IN5O7P/c1-20(22,23)15-5-12(18(32)31(29-15)10-37-39(34,35)36)8-30-9-28-17(21(2,24)25)16(19(30)33)38-14-4-11(7-27)3-13(26)6-14/h3-6,9H,7-8,10,27H2,1-2H3,(H2,34,35,36). The maximum atomic E-state index is 14.3. The summed E-state index contributed by atoms with van der Waals surface area (Å²) in [6.45, 7) is -0.931. The fourth-order valence-corrected chi connectivity index (χ4v) is 4.20. The Bertz CT molecular complexity index is 1550. The van der Waals surface area contributed by atoms with Gasteiger partial charge in [0.15, 0.2) is 12.4 Å². The van der Waals surface area contributed by atoms with Crippen molar-refractivity contribution < 1.29 is 41.2 Å². The summed E-state index contributed by atoms with van der Waals surface area (Å²) in [6.07, 6.45) is 0.683. The lowest BCUT2D eigenvalue weighted by molar-refractivity contribution is 0.00869. The summed E-state index contributed by atoms with van der Waals surface area (Å²) in [5.74, 6) is -8.14. The molecule has 18 heteroatoms. The van der Waals surface area contributed by atoms with Crippen LogP contribution in [-0.2, 0) is 40.8 Å². The van der Waals surface area contributed by atoms with Crippen molar-refractivity contribution in [1.29, 1.82) is 0 Å². The first-order valence-corrected chi connectivity index (χ1v) is 13.3. The molecule has 0 aliphatic heterocycles. The number of phosphoric ester groups is 1. The van der Waals surface area contributed by atoms with Gasteiger partial charge in [-0.05, 0) is 52.4 Å². The van der Waals surface area contributed by atoms with Crippen molar-refractivity contribution in [3.8, 4) is 11.5 Å². The van der Waals surface area contributed by atoms with Crippen molar-refractivity contribution in [2.45, 2.75) is 45.5 Å². The lowest BCUT2D eigenvalue weighted by atomic mass is 10.2. The van der Waals surface area contributed by atoms with Gasteiger partial charge in [0.05, 0.1) is 12.9 Å². The molecule has 39 heavy (non-hydrogen) atoms. The van der Waals surface area contributed by atoms with Crippen molar-refractivity contribution >= 4 is 30.4 Å². The maximum absolute atomic E-state index is 14.3. The molecule has 0 amide bonds. The van der Waals surface area contributed by atoms with Crippen LogP contribution in [0, 0.1) is 3.57 Å². The van der Waals surface area contributed by atoms with Gasteiger partial charge in [0, 0.05) is 29.5 Å². The van der Waals surface area contributed by atoms with E-state index < -0.39 is 66.8 Å². The van der Waals surface area contributed by atoms with Crippen molar-refractivity contribution in [1.82, 2.24) is 19.3 Å². The molecule has 0 spiro atoms. The molecule has 1 aromatic carbocycles. The summed E-state index contributed by atoms with van der Waals surface area (Å²) in [7, 11) is -5.12. The topological polar surface area (TPSA) is 172 Å². The molecule has 0 unspecified atom stereocenters. The van der Waals surface area contributed by atoms with Crippen LogP contribution in [0.2, 0.25) is 0 Å². The molecule has 12 nitrogen and oxygen atoms in total. The number of ether oxygens (including phenoxy) is 1. The van der Waals surface area contributed by atoms with Gasteiger partial charge in [0.2, 0.25) is 5.75 Å². The van der Waals surface area contributed by atoms with Gasteiger partial charge in [0.25, 0.3) is 23.0 Å². The highest BCUT2D eigenvalue weighted by atomic mass is 127. The molecule has 212 valence electrons. The van der Waals surface area contributed by atoms with Crippen LogP contribution in [0.3, 0.4) is 0 Å². The Morgan fingerprint density at radius 3 is 2.31 bits per heavy atom. The summed E-state index contributed by atoms with van der Waals surface area (Å²) < 4.78 is 79.0. The number of nitrogens with zero attached hydrogens (tertiary/aromatic N) is 4. The van der Waals surface area contributed by atoms with Gasteiger partial charge < -0.3 is 20.3 Å². The van der Waals surface area contributed by atoms with Crippen molar-refractivity contribution in [2.75, 3.05) is 0 Å². The predicted octanol–water partition coefficient (Wildman–Crippen LogP) is 2.99. The van der Waals surface area contributed by atoms with Crippen molar-refractivity contribution in [2.24, 2.45) is 5.73 Å². The van der Waals surface area contributed by atoms with E-state index in [1.54, 1.807) is 6.07 Å². The third-order valence-electron chi connectivity index (χ3n) is 4.99. The van der Waals surface area contributed by atoms with Crippen LogP contribution in [0.15, 0.2) is 40.2 Å². The summed E-state index contributed by atoms with van der Waals surface area (Å²) >= 11 is 1.93. The van der Waals surface area contributed by atoms with Crippen LogP contribution in [0.4, 0.5) is 17.6 Å². The second-order valence-corrected chi connectivity index (χ2v) is 10.8. The van der Waals surface area contributed by atoms with Crippen LogP contribution < -0.4 is 21.6 Å². The minimum atomic E-state index is -5.12. The highest BCUT2D eigenvalue weighted by Gasteiger charge is 2.34. The molecule has 0 aliphatic carbocycles. The number of alkyl halides is 4. The minimum Gasteiger partial charge on any atom is -0.449 e. The van der Waals surface area contributed by atoms with Crippen molar-refractivity contribution in [3.05, 3.63) is 77.4 Å². The Hall–Kier alpha value is -2.70. The number of nitrogens with two attached hydrogens (primary N) is 1. The summed E-state index contributed by atoms with van der Waals surface area (Å²) in [4.78, 5) is 47.5. The van der Waals surface area contributed by atoms with Crippen LogP contribution >= 0.6 is 30.4 Å². The van der Waals surface area contributed by atoms with Gasteiger partial charge >= 0.3 is 7.82 Å². The molecular formula is C21H21F4IN5O7P. The van der Waals surface area contributed by atoms with Gasteiger partial charge in [-0.1, -0.05) is 0 Å². The Morgan fingerprint density at radius 2 is 1.74 bits per heavy atom. The Labute approximate surface area is 230 Å². The number of halogens is 5. The highest BCUT2D eigenvalue weighted by Crippen LogP contribution is 2.36. The highest BCUT2D eigenvalue weighted by molar-refractivity contribution is 14.1. The third-order valence-corrected chi connectivity index (χ3v) is 6.06. The number of rotatable bonds is 10. The quantitative estimate of drug-likeness (QED) is 0.163. The number of phosphoric acid groups is 1. The molecule has 0 fully saturated rings. The van der Waals surface area contributed by atoms with Crippen LogP contribution in [0.25, 0.3) is 0 Å². The molecule has 0 saturated heterocycles. The van der Waals surface area contributed by atoms with E-state index in [0.29, 0.717) is 39.9 Å². The first kappa shape index (κ1) is 30.8. The second kappa shape index (κ2) is 11.4. The molecule has 0 aliphatic rings. The molecule has 3 aromatic rings. The van der Waals surface area contributed by atoms with E-state index in [4.69, 9.17) is 20.3 Å². The number of aromatic nitrogens is 4. The second-order valence-electron chi connectivity index (χ2n) is 8.34. The first-order chi connectivity index (χ1) is 17.9. The summed E-state index contributed by atoms with van der Waals surface area (Å²) in [5, 5.41) is 3.36. The Kier molecular flexibility index (Phi) is 9.03. The summed E-state index contributed by atoms with van der Waals surface area (Å²) in [6, 6.07) is 5.25. The molecule has 0 radical (unpaired) electrons. The van der Waals surface area contributed by atoms with E-state index in [-0.39, 0.29) is 17.0 Å². The molecule has 2 aromatic heterocycles. The fourth-order valence-electron chi connectivity index (χ4n) is 3.23. The summed E-state index contributed by atoms with van der Waals surface area (Å²) in [5.41, 5.74) is 1.37. The monoisotopic (exact) mass is 689 g/mol. The zero-order chi connectivity index (χ0) is 29.3. The number of hydrogen-bond donors (Lipinski definition) is 3. The van der Waals surface area contributed by atoms with Crippen molar-refractivity contribution in [3.63, 3.8) is 0 Å². The maximum Gasteiger partial charge on any atom is 0.471 e. The SMILES string of the molecule is CC(F)(F)c1cc(Cn2cnc(C(C)(F)F)c(Oc3cc(I)cc(CN)c3)c2=O)c(=O)n(COP(=O)(O)O)n1. The molecule has 0 atom stereocenters. The molecule has 0 saturated carbocycles. The van der Waals surface area contributed by atoms with Crippen LogP contribution in [0.1, 0.15) is 36.4 Å². The van der Waals surface area contributed by atoms with E-state index in [2.05, 4.69) is 14.6 Å². The lowest BCUT2D eigenvalue weighted by Gasteiger charge is -2.18. The molecule has 2 heterocycles. The molecule has 4 N–H and O–H groups in total. The fraction of sp³-hybridized carbons (Fsp3) is 0.333. The first-order valence-electron chi connectivity index (χ1n) is 10.7. The predicted molar refractivity (Wildman–Crippen MR) is 135 cm³/mol. The Balaban J connectivity index is 2.14. The van der Waals surface area contributed by atoms with Crippen LogP contribution in [0.5, 0.6) is 11.5 Å². The molecule has 3 rings (SSSR count). The smallest absolute Gasteiger partial charge is 0.449 e. The lowest BCUT2D eigenvalue weighted by Crippen LogP contribution is -2.33. The van der Waals surface area contributed by atoms with Gasteiger partial charge in [-0.3, -0.25) is 18.7 Å². The van der Waals surface area contributed by atoms with Crippen LogP contribution in [-0.4, -0.2) is 29.1 Å². The van der Waals surface area contributed by atoms with E-state index in [1.807, 2.05) is 22.6 Å². The normalized spacial score (nSPS) is 12.6. The molecule has 0 bridgehead atoms. The van der Waals surface area contributed by atoms with E-state index in [9.17, 15) is 31.7 Å². The average Bonchev–Trinajstić information content (AvgIpc) is 2.79. The number of benzene rings is 1. The van der Waals surface area contributed by atoms with Gasteiger partial charge in [-0.2, -0.15) is 22.7 Å². The zero-order valence-electron chi connectivity index (χ0n) is 20.1. The zero-order valence-corrected chi connectivity index (χ0v) is 23.2. The largest absolute Gasteiger partial charge is 0.471 e. The van der Waals surface area contributed by atoms with Gasteiger partial charge in [-0.25, -0.2) is 14.2 Å². The van der Waals surface area contributed by atoms with E-state index in [1.165, 1.54) is 12.1 Å². The Morgan fingerprint density at radius 1 is 1.08 bits per heavy atom. The molecular weight excluding hydrogens is 668 g/mol. The average molecular weight is 689 g/mol. The minimum absolute atomic E-state index is 0.00161.